The van der Waals surface area contributed by atoms with Crippen molar-refractivity contribution in [3.05, 3.63) is 29.8 Å². The van der Waals surface area contributed by atoms with Crippen molar-refractivity contribution in [1.29, 1.82) is 0 Å². The molecular weight excluding hydrogens is 258 g/mol. The Bertz CT molecular complexity index is 516. The van der Waals surface area contributed by atoms with Crippen LogP contribution in [0.3, 0.4) is 0 Å². The Labute approximate surface area is 117 Å². The monoisotopic (exact) mass is 277 g/mol. The third-order valence-corrected chi connectivity index (χ3v) is 3.56. The molecule has 1 aliphatic heterocycles. The number of amidine groups is 1. The third-order valence-electron chi connectivity index (χ3n) is 3.56. The zero-order valence-electron chi connectivity index (χ0n) is 11.5. The standard InChI is InChI=1S/C14H19N3O3/c1-20-12-8-3-2-6-10(12)14(18)17-9-5-4-7-11(17)13(15)16-19/h2-3,6,8,11,19H,4-5,7,9H2,1H3,(H2,15,16). The van der Waals surface area contributed by atoms with Crippen LogP contribution in [0.5, 0.6) is 5.75 Å². The first-order valence-corrected chi connectivity index (χ1v) is 6.60. The topological polar surface area (TPSA) is 88.2 Å². The number of oxime groups is 1. The highest BCUT2D eigenvalue weighted by Crippen LogP contribution is 2.24. The van der Waals surface area contributed by atoms with Crippen molar-refractivity contribution >= 4 is 11.7 Å². The average Bonchev–Trinajstić information content (AvgIpc) is 2.53. The zero-order chi connectivity index (χ0) is 14.5. The lowest BCUT2D eigenvalue weighted by molar-refractivity contribution is 0.0673. The second kappa shape index (κ2) is 6.27. The highest BCUT2D eigenvalue weighted by Gasteiger charge is 2.31. The number of rotatable bonds is 3. The fourth-order valence-electron chi connectivity index (χ4n) is 2.52. The van der Waals surface area contributed by atoms with Gasteiger partial charge in [-0.1, -0.05) is 17.3 Å². The van der Waals surface area contributed by atoms with E-state index < -0.39 is 0 Å². The van der Waals surface area contributed by atoms with Gasteiger partial charge in [0.25, 0.3) is 5.91 Å². The summed E-state index contributed by atoms with van der Waals surface area (Å²) in [6.45, 7) is 0.595. The number of amides is 1. The second-order valence-corrected chi connectivity index (χ2v) is 4.74. The first-order valence-electron chi connectivity index (χ1n) is 6.60. The van der Waals surface area contributed by atoms with Crippen molar-refractivity contribution in [2.75, 3.05) is 13.7 Å². The molecule has 0 aliphatic carbocycles. The van der Waals surface area contributed by atoms with Crippen LogP contribution < -0.4 is 10.5 Å². The number of carbonyl (C=O) groups excluding carboxylic acids is 1. The molecule has 0 radical (unpaired) electrons. The summed E-state index contributed by atoms with van der Waals surface area (Å²) >= 11 is 0. The molecule has 0 bridgehead atoms. The minimum Gasteiger partial charge on any atom is -0.496 e. The highest BCUT2D eigenvalue weighted by atomic mass is 16.5. The smallest absolute Gasteiger partial charge is 0.258 e. The summed E-state index contributed by atoms with van der Waals surface area (Å²) in [5, 5.41) is 11.9. The predicted molar refractivity (Wildman–Crippen MR) is 75.1 cm³/mol. The van der Waals surface area contributed by atoms with Gasteiger partial charge in [-0.15, -0.1) is 0 Å². The number of benzene rings is 1. The summed E-state index contributed by atoms with van der Waals surface area (Å²) in [4.78, 5) is 14.3. The lowest BCUT2D eigenvalue weighted by Gasteiger charge is -2.35. The molecule has 6 nitrogen and oxygen atoms in total. The van der Waals surface area contributed by atoms with E-state index in [-0.39, 0.29) is 17.8 Å². The van der Waals surface area contributed by atoms with Crippen molar-refractivity contribution < 1.29 is 14.7 Å². The molecule has 1 aromatic rings. The summed E-state index contributed by atoms with van der Waals surface area (Å²) in [6.07, 6.45) is 2.57. The van der Waals surface area contributed by atoms with Gasteiger partial charge < -0.3 is 20.6 Å². The lowest BCUT2D eigenvalue weighted by Crippen LogP contribution is -2.50. The van der Waals surface area contributed by atoms with E-state index in [2.05, 4.69) is 5.16 Å². The maximum atomic E-state index is 12.7. The number of methoxy groups -OCH3 is 1. The molecule has 0 spiro atoms. The fraction of sp³-hybridized carbons (Fsp3) is 0.429. The summed E-state index contributed by atoms with van der Waals surface area (Å²) in [5.41, 5.74) is 6.19. The average molecular weight is 277 g/mol. The minimum absolute atomic E-state index is 0.0768. The fourth-order valence-corrected chi connectivity index (χ4v) is 2.52. The van der Waals surface area contributed by atoms with Crippen molar-refractivity contribution in [3.63, 3.8) is 0 Å². The second-order valence-electron chi connectivity index (χ2n) is 4.74. The Kier molecular flexibility index (Phi) is 4.45. The van der Waals surface area contributed by atoms with E-state index in [1.807, 2.05) is 6.07 Å². The van der Waals surface area contributed by atoms with Crippen molar-refractivity contribution in [2.24, 2.45) is 10.9 Å². The third kappa shape index (κ3) is 2.68. The molecular formula is C14H19N3O3. The molecule has 1 atom stereocenters. The van der Waals surface area contributed by atoms with Gasteiger partial charge in [0.15, 0.2) is 5.84 Å². The summed E-state index contributed by atoms with van der Waals surface area (Å²) < 4.78 is 5.22. The Hall–Kier alpha value is -2.24. The van der Waals surface area contributed by atoms with E-state index in [0.29, 0.717) is 24.3 Å². The van der Waals surface area contributed by atoms with E-state index in [1.165, 1.54) is 7.11 Å². The number of likely N-dealkylation sites (tertiary alicyclic amines) is 1. The van der Waals surface area contributed by atoms with E-state index in [1.54, 1.807) is 23.1 Å². The normalized spacial score (nSPS) is 19.8. The molecule has 1 aliphatic rings. The minimum atomic E-state index is -0.355. The van der Waals surface area contributed by atoms with E-state index in [9.17, 15) is 4.79 Å². The number of hydrogen-bond acceptors (Lipinski definition) is 4. The molecule has 0 aromatic heterocycles. The molecule has 1 saturated heterocycles. The van der Waals surface area contributed by atoms with Crippen LogP contribution in [0.1, 0.15) is 29.6 Å². The van der Waals surface area contributed by atoms with Crippen LogP contribution in [0.25, 0.3) is 0 Å². The van der Waals surface area contributed by atoms with Crippen molar-refractivity contribution in [1.82, 2.24) is 4.90 Å². The molecule has 0 saturated carbocycles. The Morgan fingerprint density at radius 3 is 2.90 bits per heavy atom. The number of nitrogens with zero attached hydrogens (tertiary/aromatic N) is 2. The predicted octanol–water partition coefficient (Wildman–Crippen LogP) is 1.44. The van der Waals surface area contributed by atoms with Crippen molar-refractivity contribution in [3.8, 4) is 5.75 Å². The van der Waals surface area contributed by atoms with E-state index in [4.69, 9.17) is 15.7 Å². The molecule has 1 unspecified atom stereocenters. The van der Waals surface area contributed by atoms with Crippen LogP contribution in [-0.2, 0) is 0 Å². The maximum absolute atomic E-state index is 12.7. The summed E-state index contributed by atoms with van der Waals surface area (Å²) in [7, 11) is 1.53. The first kappa shape index (κ1) is 14.2. The Morgan fingerprint density at radius 1 is 1.45 bits per heavy atom. The van der Waals surface area contributed by atoms with Gasteiger partial charge in [-0.05, 0) is 31.4 Å². The highest BCUT2D eigenvalue weighted by molar-refractivity contribution is 6.00. The number of piperidine rings is 1. The molecule has 1 heterocycles. The number of para-hydroxylation sites is 1. The number of carbonyl (C=O) groups is 1. The molecule has 1 aromatic carbocycles. The SMILES string of the molecule is COc1ccccc1C(=O)N1CCCCC1C(N)=NO. The summed E-state index contributed by atoms with van der Waals surface area (Å²) in [6, 6.07) is 6.71. The molecule has 3 N–H and O–H groups in total. The van der Waals surface area contributed by atoms with E-state index in [0.717, 1.165) is 12.8 Å². The molecule has 2 rings (SSSR count). The van der Waals surface area contributed by atoms with Crippen LogP contribution in [0.15, 0.2) is 29.4 Å². The van der Waals surface area contributed by atoms with Crippen LogP contribution in [0.4, 0.5) is 0 Å². The number of ether oxygens (including phenoxy) is 1. The van der Waals surface area contributed by atoms with Gasteiger partial charge in [-0.2, -0.15) is 0 Å². The van der Waals surface area contributed by atoms with Gasteiger partial charge in [0.05, 0.1) is 18.7 Å². The van der Waals surface area contributed by atoms with Gasteiger partial charge in [-0.3, -0.25) is 4.79 Å². The summed E-state index contributed by atoms with van der Waals surface area (Å²) in [5.74, 6) is 0.452. The molecule has 1 amide bonds. The van der Waals surface area contributed by atoms with E-state index >= 15 is 0 Å². The van der Waals surface area contributed by atoms with Crippen LogP contribution in [0, 0.1) is 0 Å². The van der Waals surface area contributed by atoms with Gasteiger partial charge >= 0.3 is 0 Å². The largest absolute Gasteiger partial charge is 0.496 e. The van der Waals surface area contributed by atoms with Crippen molar-refractivity contribution in [2.45, 2.75) is 25.3 Å². The van der Waals surface area contributed by atoms with Crippen LogP contribution in [0.2, 0.25) is 0 Å². The van der Waals surface area contributed by atoms with Gasteiger partial charge in [0.1, 0.15) is 5.75 Å². The van der Waals surface area contributed by atoms with Gasteiger partial charge in [0.2, 0.25) is 0 Å². The molecule has 20 heavy (non-hydrogen) atoms. The zero-order valence-corrected chi connectivity index (χ0v) is 11.5. The molecule has 108 valence electrons. The molecule has 6 heteroatoms. The van der Waals surface area contributed by atoms with Gasteiger partial charge in [-0.25, -0.2) is 0 Å². The lowest BCUT2D eigenvalue weighted by atomic mass is 9.99. The molecule has 1 fully saturated rings. The Morgan fingerprint density at radius 2 is 2.20 bits per heavy atom. The number of nitrogens with two attached hydrogens (primary N) is 1. The van der Waals surface area contributed by atoms with Gasteiger partial charge in [0, 0.05) is 6.54 Å². The number of hydrogen-bond donors (Lipinski definition) is 2. The maximum Gasteiger partial charge on any atom is 0.258 e. The first-order chi connectivity index (χ1) is 9.69. The quantitative estimate of drug-likeness (QED) is 0.379. The van der Waals surface area contributed by atoms with Crippen LogP contribution >= 0.6 is 0 Å². The van der Waals surface area contributed by atoms with Crippen LogP contribution in [-0.4, -0.2) is 41.5 Å². The Balaban J connectivity index is 2.30.